The highest BCUT2D eigenvalue weighted by Gasteiger charge is 2.40. The van der Waals surface area contributed by atoms with Gasteiger partial charge in [-0.15, -0.1) is 0 Å². The Bertz CT molecular complexity index is 1660. The molecule has 2 heterocycles. The summed E-state index contributed by atoms with van der Waals surface area (Å²) in [5.41, 5.74) is 3.81. The molecule has 2 bridgehead atoms. The zero-order valence-electron chi connectivity index (χ0n) is 27.7. The number of carboxylic acid groups (broad SMARTS) is 1. The minimum Gasteiger partial charge on any atom is -0.492 e. The van der Waals surface area contributed by atoms with Gasteiger partial charge in [0.15, 0.2) is 0 Å². The number of amides is 2. The van der Waals surface area contributed by atoms with Crippen molar-refractivity contribution in [3.05, 3.63) is 105 Å². The number of fused-ring (bicyclic) bond motifs is 2. The molecule has 1 unspecified atom stereocenters. The van der Waals surface area contributed by atoms with Gasteiger partial charge < -0.3 is 25.0 Å². The molecule has 3 aromatic carbocycles. The Morgan fingerprint density at radius 1 is 1.02 bits per heavy atom. The van der Waals surface area contributed by atoms with Crippen molar-refractivity contribution in [1.29, 1.82) is 0 Å². The molecule has 1 fully saturated rings. The molecule has 1 saturated heterocycles. The van der Waals surface area contributed by atoms with Crippen LogP contribution in [0.1, 0.15) is 49.8 Å². The predicted octanol–water partition coefficient (Wildman–Crippen LogP) is 6.13. The summed E-state index contributed by atoms with van der Waals surface area (Å²) in [5, 5.41) is 13.1. The topological polar surface area (TPSA) is 99.2 Å². The number of carboxylic acids is 1. The smallest absolute Gasteiger partial charge is 0.309 e. The van der Waals surface area contributed by atoms with Crippen molar-refractivity contribution in [2.45, 2.75) is 58.0 Å². The summed E-state index contributed by atoms with van der Waals surface area (Å²) in [6, 6.07) is 22.2. The third kappa shape index (κ3) is 8.71. The van der Waals surface area contributed by atoms with Crippen LogP contribution in [0.3, 0.4) is 0 Å². The fourth-order valence-corrected chi connectivity index (χ4v) is 6.60. The predicted molar refractivity (Wildman–Crippen MR) is 187 cm³/mol. The van der Waals surface area contributed by atoms with Crippen LogP contribution in [0.15, 0.2) is 82.8 Å². The van der Waals surface area contributed by atoms with Gasteiger partial charge in [-0.05, 0) is 83.4 Å². The zero-order valence-corrected chi connectivity index (χ0v) is 29.3. The summed E-state index contributed by atoms with van der Waals surface area (Å²) in [6.07, 6.45) is 2.30. The van der Waals surface area contributed by atoms with Gasteiger partial charge >= 0.3 is 5.97 Å². The Labute approximate surface area is 290 Å². The number of carbonyl (C=O) groups excluding carboxylic acids is 2. The molecule has 2 aliphatic rings. The van der Waals surface area contributed by atoms with E-state index in [0.717, 1.165) is 28.7 Å². The number of hydrogen-bond donors (Lipinski definition) is 2. The average molecular weight is 721 g/mol. The molecule has 2 atom stereocenters. The Kier molecular flexibility index (Phi) is 11.4. The molecular formula is C38H43BrFN3O5. The number of aliphatic carboxylic acids is 1. The Hall–Kier alpha value is -4.02. The first-order valence-electron chi connectivity index (χ1n) is 16.4. The van der Waals surface area contributed by atoms with Crippen molar-refractivity contribution in [1.82, 2.24) is 15.1 Å². The fourth-order valence-electron chi connectivity index (χ4n) is 6.24. The number of rotatable bonds is 13. The average Bonchev–Trinajstić information content (AvgIpc) is 3.07. The van der Waals surface area contributed by atoms with E-state index in [1.165, 1.54) is 12.1 Å². The van der Waals surface area contributed by atoms with Crippen LogP contribution in [0.5, 0.6) is 5.75 Å². The molecule has 0 radical (unpaired) electrons. The second-order valence-corrected chi connectivity index (χ2v) is 14.2. The number of benzene rings is 3. The number of carbonyl (C=O) groups is 3. The third-order valence-corrected chi connectivity index (χ3v) is 9.96. The SMILES string of the molecule is CN(CCc1ccccc1)C(=O)C1=C(c2ccc(CCOc3cc(F)ccc3Br)cc2)CC2CN(C(=O)CCC(C)(C)C(=O)O)C[C@H]1N2. The third-order valence-electron chi connectivity index (χ3n) is 9.30. The normalized spacial score (nSPS) is 17.6. The maximum atomic E-state index is 14.2. The van der Waals surface area contributed by atoms with E-state index in [-0.39, 0.29) is 42.6 Å². The first-order valence-corrected chi connectivity index (χ1v) is 17.2. The van der Waals surface area contributed by atoms with Gasteiger partial charge in [-0.1, -0.05) is 54.6 Å². The molecule has 2 N–H and O–H groups in total. The summed E-state index contributed by atoms with van der Waals surface area (Å²) in [5.74, 6) is -0.995. The number of piperazine rings is 1. The lowest BCUT2D eigenvalue weighted by molar-refractivity contribution is -0.148. The van der Waals surface area contributed by atoms with Crippen molar-refractivity contribution in [2.24, 2.45) is 5.41 Å². The van der Waals surface area contributed by atoms with Crippen molar-refractivity contribution in [3.63, 3.8) is 0 Å². The molecule has 8 nitrogen and oxygen atoms in total. The molecule has 0 aromatic heterocycles. The summed E-state index contributed by atoms with van der Waals surface area (Å²) >= 11 is 3.40. The first kappa shape index (κ1) is 35.3. The van der Waals surface area contributed by atoms with Gasteiger partial charge in [0.25, 0.3) is 5.91 Å². The van der Waals surface area contributed by atoms with Crippen molar-refractivity contribution in [2.75, 3.05) is 33.3 Å². The van der Waals surface area contributed by atoms with E-state index in [0.29, 0.717) is 54.9 Å². The van der Waals surface area contributed by atoms with E-state index in [4.69, 9.17) is 4.74 Å². The van der Waals surface area contributed by atoms with Gasteiger partial charge in [0.1, 0.15) is 11.6 Å². The molecule has 2 aliphatic heterocycles. The van der Waals surface area contributed by atoms with Crippen LogP contribution in [0.25, 0.3) is 5.57 Å². The van der Waals surface area contributed by atoms with Crippen LogP contribution in [-0.2, 0) is 27.2 Å². The maximum absolute atomic E-state index is 14.2. The molecule has 0 saturated carbocycles. The van der Waals surface area contributed by atoms with Crippen LogP contribution in [-0.4, -0.2) is 78.1 Å². The molecule has 3 aromatic rings. The van der Waals surface area contributed by atoms with Gasteiger partial charge in [-0.2, -0.15) is 0 Å². The molecule has 254 valence electrons. The van der Waals surface area contributed by atoms with Crippen molar-refractivity contribution < 1.29 is 28.6 Å². The monoisotopic (exact) mass is 719 g/mol. The molecule has 0 spiro atoms. The minimum absolute atomic E-state index is 0.0425. The zero-order chi connectivity index (χ0) is 34.4. The Morgan fingerprint density at radius 2 is 1.73 bits per heavy atom. The molecule has 0 aliphatic carbocycles. The number of nitrogens with zero attached hydrogens (tertiary/aromatic N) is 2. The number of likely N-dealkylation sites (N-methyl/N-ethyl adjacent to an activating group) is 1. The summed E-state index contributed by atoms with van der Waals surface area (Å²) in [6.45, 7) is 5.01. The van der Waals surface area contributed by atoms with Crippen molar-refractivity contribution in [3.8, 4) is 5.75 Å². The minimum atomic E-state index is -0.996. The highest BCUT2D eigenvalue weighted by atomic mass is 79.9. The maximum Gasteiger partial charge on any atom is 0.309 e. The second kappa shape index (κ2) is 15.5. The van der Waals surface area contributed by atoms with E-state index in [1.807, 2.05) is 49.5 Å². The molecule has 2 amide bonds. The van der Waals surface area contributed by atoms with E-state index >= 15 is 0 Å². The van der Waals surface area contributed by atoms with E-state index in [9.17, 15) is 23.9 Å². The van der Waals surface area contributed by atoms with E-state index in [1.54, 1.807) is 29.7 Å². The Balaban J connectivity index is 1.34. The quantitative estimate of drug-likeness (QED) is 0.221. The first-order chi connectivity index (χ1) is 22.9. The number of hydrogen-bond acceptors (Lipinski definition) is 5. The molecule has 10 heteroatoms. The van der Waals surface area contributed by atoms with E-state index < -0.39 is 11.4 Å². The molecule has 5 rings (SSSR count). The largest absolute Gasteiger partial charge is 0.492 e. The van der Waals surface area contributed by atoms with Crippen LogP contribution < -0.4 is 10.1 Å². The summed E-state index contributed by atoms with van der Waals surface area (Å²) in [7, 11) is 1.82. The standard InChI is InChI=1S/C38H43BrFN3O5/c1-38(2,37(46)47)18-15-34(44)43-23-29-22-30(27-11-9-26(10-12-27)17-20-48-33-21-28(40)13-14-31(33)39)35(32(24-43)41-29)36(45)42(3)19-16-25-7-5-4-6-8-25/h4-14,21,29,32,41H,15-20,22-24H2,1-3H3,(H,46,47)/t29?,32-/m1/s1. The van der Waals surface area contributed by atoms with E-state index in [2.05, 4.69) is 33.4 Å². The lowest BCUT2D eigenvalue weighted by atomic mass is 9.82. The van der Waals surface area contributed by atoms with Crippen LogP contribution >= 0.6 is 15.9 Å². The second-order valence-electron chi connectivity index (χ2n) is 13.3. The summed E-state index contributed by atoms with van der Waals surface area (Å²) in [4.78, 5) is 42.7. The summed E-state index contributed by atoms with van der Waals surface area (Å²) < 4.78 is 20.2. The molecule has 48 heavy (non-hydrogen) atoms. The van der Waals surface area contributed by atoms with Crippen LogP contribution in [0.4, 0.5) is 4.39 Å². The molecular weight excluding hydrogens is 677 g/mol. The Morgan fingerprint density at radius 3 is 2.44 bits per heavy atom. The van der Waals surface area contributed by atoms with Crippen molar-refractivity contribution >= 4 is 39.3 Å². The fraction of sp³-hybridized carbons (Fsp3) is 0.395. The lowest BCUT2D eigenvalue weighted by Gasteiger charge is -2.45. The van der Waals surface area contributed by atoms with Gasteiger partial charge in [-0.3, -0.25) is 14.4 Å². The number of halogens is 2. The highest BCUT2D eigenvalue weighted by molar-refractivity contribution is 9.10. The highest BCUT2D eigenvalue weighted by Crippen LogP contribution is 2.35. The van der Waals surface area contributed by atoms with Gasteiger partial charge in [-0.25, -0.2) is 4.39 Å². The van der Waals surface area contributed by atoms with Crippen LogP contribution in [0.2, 0.25) is 0 Å². The van der Waals surface area contributed by atoms with Crippen LogP contribution in [0, 0.1) is 11.2 Å². The van der Waals surface area contributed by atoms with Gasteiger partial charge in [0.05, 0.1) is 22.5 Å². The number of ether oxygens (including phenoxy) is 1. The number of nitrogens with one attached hydrogen (secondary N) is 1. The lowest BCUT2D eigenvalue weighted by Crippen LogP contribution is -2.62. The van der Waals surface area contributed by atoms with Gasteiger partial charge in [0, 0.05) is 57.2 Å². The van der Waals surface area contributed by atoms with Gasteiger partial charge in [0.2, 0.25) is 5.91 Å².